The van der Waals surface area contributed by atoms with Gasteiger partial charge < -0.3 is 9.47 Å². The van der Waals surface area contributed by atoms with E-state index < -0.39 is 4.92 Å². The van der Waals surface area contributed by atoms with Gasteiger partial charge in [-0.15, -0.1) is 0 Å². The van der Waals surface area contributed by atoms with Crippen LogP contribution >= 0.6 is 11.6 Å². The van der Waals surface area contributed by atoms with Crippen LogP contribution in [0.25, 0.3) is 0 Å². The predicted octanol–water partition coefficient (Wildman–Crippen LogP) is 3.23. The van der Waals surface area contributed by atoms with Crippen LogP contribution in [0.2, 0.25) is 5.02 Å². The van der Waals surface area contributed by atoms with Gasteiger partial charge in [0.1, 0.15) is 17.4 Å². The van der Waals surface area contributed by atoms with Crippen molar-refractivity contribution in [3.8, 4) is 11.6 Å². The molecule has 0 atom stereocenters. The van der Waals surface area contributed by atoms with Crippen LogP contribution in [0.1, 0.15) is 5.69 Å². The Balaban J connectivity index is 2.07. The Morgan fingerprint density at radius 3 is 2.80 bits per heavy atom. The second kappa shape index (κ2) is 6.21. The second-order valence-electron chi connectivity index (χ2n) is 3.83. The fourth-order valence-electron chi connectivity index (χ4n) is 1.53. The number of rotatable bonds is 5. The van der Waals surface area contributed by atoms with Crippen molar-refractivity contribution in [2.45, 2.75) is 6.61 Å². The van der Waals surface area contributed by atoms with Crippen molar-refractivity contribution in [3.63, 3.8) is 0 Å². The standard InChI is InChI=1S/C13H11ClN2O4/c1-19-13-4-2-3-9(15-13)8-20-10-5-6-12(16(17)18)11(14)7-10/h2-7H,8H2,1H3. The van der Waals surface area contributed by atoms with Crippen molar-refractivity contribution in [1.82, 2.24) is 4.98 Å². The molecule has 0 aliphatic heterocycles. The van der Waals surface area contributed by atoms with Gasteiger partial charge in [0.05, 0.1) is 17.7 Å². The molecular formula is C13H11ClN2O4. The lowest BCUT2D eigenvalue weighted by molar-refractivity contribution is -0.384. The zero-order chi connectivity index (χ0) is 14.5. The molecule has 0 fully saturated rings. The normalized spacial score (nSPS) is 10.1. The highest BCUT2D eigenvalue weighted by Gasteiger charge is 2.12. The lowest BCUT2D eigenvalue weighted by Gasteiger charge is -2.07. The molecule has 0 unspecified atom stereocenters. The number of methoxy groups -OCH3 is 1. The minimum absolute atomic E-state index is 0.0334. The molecule has 2 aromatic rings. The number of pyridine rings is 1. The summed E-state index contributed by atoms with van der Waals surface area (Å²) < 4.78 is 10.5. The van der Waals surface area contributed by atoms with E-state index in [-0.39, 0.29) is 17.3 Å². The van der Waals surface area contributed by atoms with Crippen LogP contribution in [0.5, 0.6) is 11.6 Å². The van der Waals surface area contributed by atoms with Gasteiger partial charge in [-0.1, -0.05) is 17.7 Å². The first-order chi connectivity index (χ1) is 9.60. The van der Waals surface area contributed by atoms with E-state index in [1.165, 1.54) is 25.3 Å². The SMILES string of the molecule is COc1cccc(COc2ccc([N+](=O)[O-])c(Cl)c2)n1. The maximum Gasteiger partial charge on any atom is 0.288 e. The highest BCUT2D eigenvalue weighted by Crippen LogP contribution is 2.28. The van der Waals surface area contributed by atoms with Crippen molar-refractivity contribution in [2.75, 3.05) is 7.11 Å². The number of benzene rings is 1. The zero-order valence-corrected chi connectivity index (χ0v) is 11.3. The van der Waals surface area contributed by atoms with Crippen LogP contribution in [0.15, 0.2) is 36.4 Å². The maximum atomic E-state index is 10.6. The van der Waals surface area contributed by atoms with Crippen LogP contribution in [0.3, 0.4) is 0 Å². The van der Waals surface area contributed by atoms with Gasteiger partial charge in [-0.25, -0.2) is 4.98 Å². The van der Waals surface area contributed by atoms with E-state index in [4.69, 9.17) is 21.1 Å². The van der Waals surface area contributed by atoms with Crippen LogP contribution in [0.4, 0.5) is 5.69 Å². The van der Waals surface area contributed by atoms with Gasteiger partial charge in [0.15, 0.2) is 0 Å². The first-order valence-corrected chi connectivity index (χ1v) is 6.04. The zero-order valence-electron chi connectivity index (χ0n) is 10.6. The van der Waals surface area contributed by atoms with Crippen LogP contribution in [0, 0.1) is 10.1 Å². The Labute approximate surface area is 120 Å². The quantitative estimate of drug-likeness (QED) is 0.625. The molecular weight excluding hydrogens is 284 g/mol. The van der Waals surface area contributed by atoms with Crippen molar-refractivity contribution >= 4 is 17.3 Å². The molecule has 0 radical (unpaired) electrons. The number of ether oxygens (including phenoxy) is 2. The van der Waals surface area contributed by atoms with Crippen LogP contribution < -0.4 is 9.47 Å². The van der Waals surface area contributed by atoms with E-state index in [0.29, 0.717) is 17.3 Å². The van der Waals surface area contributed by atoms with Gasteiger partial charge in [0.2, 0.25) is 5.88 Å². The van der Waals surface area contributed by atoms with Gasteiger partial charge in [-0.2, -0.15) is 0 Å². The lowest BCUT2D eigenvalue weighted by atomic mass is 10.3. The van der Waals surface area contributed by atoms with Gasteiger partial charge >= 0.3 is 0 Å². The molecule has 0 amide bonds. The third-order valence-electron chi connectivity index (χ3n) is 2.49. The Kier molecular flexibility index (Phi) is 4.37. The van der Waals surface area contributed by atoms with E-state index >= 15 is 0 Å². The lowest BCUT2D eigenvalue weighted by Crippen LogP contribution is -2.00. The van der Waals surface area contributed by atoms with E-state index in [0.717, 1.165) is 0 Å². The first kappa shape index (κ1) is 14.1. The summed E-state index contributed by atoms with van der Waals surface area (Å²) in [6.07, 6.45) is 0. The van der Waals surface area contributed by atoms with Crippen LogP contribution in [-0.4, -0.2) is 17.0 Å². The average molecular weight is 295 g/mol. The van der Waals surface area contributed by atoms with Crippen molar-refractivity contribution in [2.24, 2.45) is 0 Å². The molecule has 0 spiro atoms. The van der Waals surface area contributed by atoms with E-state index in [1.807, 2.05) is 0 Å². The number of nitro benzene ring substituents is 1. The number of halogens is 1. The third-order valence-corrected chi connectivity index (χ3v) is 2.80. The average Bonchev–Trinajstić information content (AvgIpc) is 2.45. The number of aromatic nitrogens is 1. The summed E-state index contributed by atoms with van der Waals surface area (Å²) in [5.41, 5.74) is 0.525. The Morgan fingerprint density at radius 2 is 2.15 bits per heavy atom. The highest BCUT2D eigenvalue weighted by molar-refractivity contribution is 6.32. The minimum Gasteiger partial charge on any atom is -0.487 e. The Bertz CT molecular complexity index is 634. The summed E-state index contributed by atoms with van der Waals surface area (Å²) in [5.74, 6) is 0.929. The summed E-state index contributed by atoms with van der Waals surface area (Å²) in [5, 5.41) is 10.7. The number of hydrogen-bond donors (Lipinski definition) is 0. The molecule has 104 valence electrons. The maximum absolute atomic E-state index is 10.6. The first-order valence-electron chi connectivity index (χ1n) is 5.67. The predicted molar refractivity (Wildman–Crippen MR) is 73.2 cm³/mol. The molecule has 1 aromatic carbocycles. The highest BCUT2D eigenvalue weighted by atomic mass is 35.5. The fourth-order valence-corrected chi connectivity index (χ4v) is 1.77. The minimum atomic E-state index is -0.546. The number of nitro groups is 1. The Hall–Kier alpha value is -2.34. The van der Waals surface area contributed by atoms with Crippen molar-refractivity contribution in [1.29, 1.82) is 0 Å². The molecule has 20 heavy (non-hydrogen) atoms. The van der Waals surface area contributed by atoms with E-state index in [9.17, 15) is 10.1 Å². The molecule has 0 N–H and O–H groups in total. The van der Waals surface area contributed by atoms with Gasteiger partial charge in [0.25, 0.3) is 5.69 Å². The topological polar surface area (TPSA) is 74.5 Å². The molecule has 0 bridgehead atoms. The van der Waals surface area contributed by atoms with Gasteiger partial charge in [-0.3, -0.25) is 10.1 Å². The summed E-state index contributed by atoms with van der Waals surface area (Å²) in [6.45, 7) is 0.214. The van der Waals surface area contributed by atoms with Gasteiger partial charge in [-0.05, 0) is 12.1 Å². The molecule has 6 nitrogen and oxygen atoms in total. The van der Waals surface area contributed by atoms with Crippen LogP contribution in [-0.2, 0) is 6.61 Å². The third kappa shape index (κ3) is 3.36. The molecule has 0 aliphatic rings. The molecule has 0 saturated heterocycles. The van der Waals surface area contributed by atoms with Crippen molar-refractivity contribution in [3.05, 3.63) is 57.2 Å². The number of hydrogen-bond acceptors (Lipinski definition) is 5. The smallest absolute Gasteiger partial charge is 0.288 e. The summed E-state index contributed by atoms with van der Waals surface area (Å²) in [6, 6.07) is 9.51. The summed E-state index contributed by atoms with van der Waals surface area (Å²) in [7, 11) is 1.53. The summed E-state index contributed by atoms with van der Waals surface area (Å²) in [4.78, 5) is 14.3. The molecule has 1 aromatic heterocycles. The largest absolute Gasteiger partial charge is 0.487 e. The monoisotopic (exact) mass is 294 g/mol. The van der Waals surface area contributed by atoms with E-state index in [1.54, 1.807) is 18.2 Å². The van der Waals surface area contributed by atoms with E-state index in [2.05, 4.69) is 4.98 Å². The summed E-state index contributed by atoms with van der Waals surface area (Å²) >= 11 is 5.80. The van der Waals surface area contributed by atoms with Gasteiger partial charge in [0, 0.05) is 18.2 Å². The molecule has 0 aliphatic carbocycles. The molecule has 1 heterocycles. The molecule has 0 saturated carbocycles. The fraction of sp³-hybridized carbons (Fsp3) is 0.154. The van der Waals surface area contributed by atoms with Crippen molar-refractivity contribution < 1.29 is 14.4 Å². The second-order valence-corrected chi connectivity index (χ2v) is 4.24. The molecule has 7 heteroatoms. The Morgan fingerprint density at radius 1 is 1.35 bits per heavy atom. The molecule has 2 rings (SSSR count). The number of nitrogens with zero attached hydrogens (tertiary/aromatic N) is 2.